The predicted octanol–water partition coefficient (Wildman–Crippen LogP) is 3.20. The normalized spacial score (nSPS) is 16.7. The first-order chi connectivity index (χ1) is 13.2. The van der Waals surface area contributed by atoms with Crippen LogP contribution in [0.4, 0.5) is 0 Å². The van der Waals surface area contributed by atoms with Gasteiger partial charge in [0, 0.05) is 37.2 Å². The summed E-state index contributed by atoms with van der Waals surface area (Å²) in [7, 11) is 0. The summed E-state index contributed by atoms with van der Waals surface area (Å²) in [5.74, 6) is 0.354. The van der Waals surface area contributed by atoms with Crippen molar-refractivity contribution in [1.82, 2.24) is 15.5 Å². The van der Waals surface area contributed by atoms with E-state index in [-0.39, 0.29) is 12.5 Å². The van der Waals surface area contributed by atoms with Gasteiger partial charge in [0.15, 0.2) is 5.96 Å². The number of guanidine groups is 1. The Hall–Kier alpha value is -1.79. The van der Waals surface area contributed by atoms with Crippen LogP contribution in [0.25, 0.3) is 0 Å². The lowest BCUT2D eigenvalue weighted by Crippen LogP contribution is -2.48. The van der Waals surface area contributed by atoms with E-state index in [0.717, 1.165) is 44.0 Å². The molecule has 0 spiro atoms. The molecule has 6 nitrogen and oxygen atoms in total. The van der Waals surface area contributed by atoms with Crippen molar-refractivity contribution in [3.05, 3.63) is 34.9 Å². The molecule has 28 heavy (non-hydrogen) atoms. The van der Waals surface area contributed by atoms with E-state index in [1.54, 1.807) is 0 Å². The van der Waals surface area contributed by atoms with Gasteiger partial charge in [-0.05, 0) is 58.2 Å². The minimum absolute atomic E-state index is 0.0159. The van der Waals surface area contributed by atoms with Gasteiger partial charge in [-0.2, -0.15) is 0 Å². The number of aliphatic imine (C=N–C) groups is 1. The minimum atomic E-state index is -0.491. The maximum atomic E-state index is 11.9. The average molecular weight is 409 g/mol. The zero-order chi connectivity index (χ0) is 20.6. The Morgan fingerprint density at radius 2 is 1.89 bits per heavy atom. The predicted molar refractivity (Wildman–Crippen MR) is 115 cm³/mol. The van der Waals surface area contributed by atoms with Crippen molar-refractivity contribution in [2.24, 2.45) is 4.99 Å². The van der Waals surface area contributed by atoms with Crippen molar-refractivity contribution in [3.8, 4) is 0 Å². The van der Waals surface area contributed by atoms with Crippen molar-refractivity contribution in [1.29, 1.82) is 0 Å². The number of carbonyl (C=O) groups excluding carboxylic acids is 1. The third-order valence-electron chi connectivity index (χ3n) is 4.38. The van der Waals surface area contributed by atoms with Crippen LogP contribution < -0.4 is 10.6 Å². The van der Waals surface area contributed by atoms with E-state index < -0.39 is 5.60 Å². The van der Waals surface area contributed by atoms with Gasteiger partial charge in [0.05, 0.1) is 0 Å². The molecular formula is C21H33ClN4O2. The van der Waals surface area contributed by atoms with Crippen LogP contribution in [0.15, 0.2) is 29.3 Å². The molecule has 7 heteroatoms. The molecule has 0 unspecified atom stereocenters. The number of carbonyl (C=O) groups is 1. The largest absolute Gasteiger partial charge is 0.459 e. The van der Waals surface area contributed by atoms with Gasteiger partial charge in [0.2, 0.25) is 0 Å². The van der Waals surface area contributed by atoms with Crippen LogP contribution in [0, 0.1) is 0 Å². The number of halogens is 1. The molecule has 0 bridgehead atoms. The van der Waals surface area contributed by atoms with Gasteiger partial charge in [-0.15, -0.1) is 0 Å². The second-order valence-electron chi connectivity index (χ2n) is 8.10. The van der Waals surface area contributed by atoms with Gasteiger partial charge in [0.25, 0.3) is 0 Å². The molecule has 156 valence electrons. The summed E-state index contributed by atoms with van der Waals surface area (Å²) >= 11 is 5.96. The monoisotopic (exact) mass is 408 g/mol. The fraction of sp³-hybridized carbons (Fsp3) is 0.619. The number of likely N-dealkylation sites (tertiary alicyclic amines) is 1. The molecule has 2 rings (SSSR count). The highest BCUT2D eigenvalue weighted by molar-refractivity contribution is 6.30. The van der Waals surface area contributed by atoms with Gasteiger partial charge < -0.3 is 15.4 Å². The third-order valence-corrected chi connectivity index (χ3v) is 4.63. The second kappa shape index (κ2) is 10.7. The average Bonchev–Trinajstić information content (AvgIpc) is 2.62. The van der Waals surface area contributed by atoms with Crippen LogP contribution in [0.2, 0.25) is 5.02 Å². The second-order valence-corrected chi connectivity index (χ2v) is 8.54. The number of rotatable bonds is 6. The molecule has 1 saturated heterocycles. The van der Waals surface area contributed by atoms with Crippen LogP contribution in [0.5, 0.6) is 0 Å². The summed E-state index contributed by atoms with van der Waals surface area (Å²) in [6.45, 7) is 11.3. The number of hydrogen-bond acceptors (Lipinski definition) is 4. The van der Waals surface area contributed by atoms with E-state index >= 15 is 0 Å². The standard InChI is InChI=1S/C21H33ClN4O2/c1-5-23-20(24-14-19(27)28-21(2,3)4)25-18-10-12-26(13-11-18)15-16-6-8-17(22)9-7-16/h6-9,18H,5,10-15H2,1-4H3,(H2,23,24,25). The number of ether oxygens (including phenoxy) is 1. The van der Waals surface area contributed by atoms with E-state index in [1.165, 1.54) is 5.56 Å². The minimum Gasteiger partial charge on any atom is -0.459 e. The van der Waals surface area contributed by atoms with Gasteiger partial charge >= 0.3 is 5.97 Å². The summed E-state index contributed by atoms with van der Waals surface area (Å²) < 4.78 is 5.32. The summed E-state index contributed by atoms with van der Waals surface area (Å²) in [5.41, 5.74) is 0.790. The molecule has 1 aliphatic heterocycles. The van der Waals surface area contributed by atoms with Crippen LogP contribution in [-0.2, 0) is 16.1 Å². The van der Waals surface area contributed by atoms with Crippen LogP contribution in [-0.4, -0.2) is 54.7 Å². The van der Waals surface area contributed by atoms with Gasteiger partial charge in [-0.3, -0.25) is 9.69 Å². The highest BCUT2D eigenvalue weighted by Crippen LogP contribution is 2.16. The smallest absolute Gasteiger partial charge is 0.328 e. The lowest BCUT2D eigenvalue weighted by Gasteiger charge is -2.33. The lowest BCUT2D eigenvalue weighted by molar-refractivity contribution is -0.152. The SMILES string of the molecule is CCNC(=NCC(=O)OC(C)(C)C)NC1CCN(Cc2ccc(Cl)cc2)CC1. The Morgan fingerprint density at radius 1 is 1.25 bits per heavy atom. The molecular weight excluding hydrogens is 376 g/mol. The van der Waals surface area contributed by atoms with E-state index in [0.29, 0.717) is 12.0 Å². The molecule has 2 N–H and O–H groups in total. The van der Waals surface area contributed by atoms with E-state index in [1.807, 2.05) is 39.8 Å². The van der Waals surface area contributed by atoms with Crippen molar-refractivity contribution in [2.45, 2.75) is 58.7 Å². The highest BCUT2D eigenvalue weighted by Gasteiger charge is 2.21. The van der Waals surface area contributed by atoms with Crippen LogP contribution >= 0.6 is 11.6 Å². The van der Waals surface area contributed by atoms with Crippen molar-refractivity contribution < 1.29 is 9.53 Å². The summed E-state index contributed by atoms with van der Waals surface area (Å²) in [5, 5.41) is 7.43. The quantitative estimate of drug-likeness (QED) is 0.430. The maximum absolute atomic E-state index is 11.9. The van der Waals surface area contributed by atoms with Crippen molar-refractivity contribution in [2.75, 3.05) is 26.2 Å². The highest BCUT2D eigenvalue weighted by atomic mass is 35.5. The molecule has 0 aliphatic carbocycles. The van der Waals surface area contributed by atoms with Crippen molar-refractivity contribution in [3.63, 3.8) is 0 Å². The van der Waals surface area contributed by atoms with Crippen LogP contribution in [0.1, 0.15) is 46.1 Å². The zero-order valence-electron chi connectivity index (χ0n) is 17.4. The first kappa shape index (κ1) is 22.5. The molecule has 0 amide bonds. The molecule has 0 aromatic heterocycles. The lowest BCUT2D eigenvalue weighted by atomic mass is 10.0. The van der Waals surface area contributed by atoms with E-state index in [4.69, 9.17) is 16.3 Å². The summed E-state index contributed by atoms with van der Waals surface area (Å²) in [6, 6.07) is 8.39. The first-order valence-corrected chi connectivity index (χ1v) is 10.4. The Kier molecular flexibility index (Phi) is 8.58. The fourth-order valence-corrected chi connectivity index (χ4v) is 3.24. The summed E-state index contributed by atoms with van der Waals surface area (Å²) in [6.07, 6.45) is 2.06. The topological polar surface area (TPSA) is 66.0 Å². The Labute approximate surface area is 173 Å². The van der Waals surface area contributed by atoms with Crippen LogP contribution in [0.3, 0.4) is 0 Å². The Morgan fingerprint density at radius 3 is 2.46 bits per heavy atom. The molecule has 1 heterocycles. The van der Waals surface area contributed by atoms with Gasteiger partial charge in [-0.1, -0.05) is 23.7 Å². The van der Waals surface area contributed by atoms with Crippen molar-refractivity contribution >= 4 is 23.5 Å². The number of nitrogens with one attached hydrogen (secondary N) is 2. The maximum Gasteiger partial charge on any atom is 0.328 e. The fourth-order valence-electron chi connectivity index (χ4n) is 3.11. The Bertz CT molecular complexity index is 647. The first-order valence-electron chi connectivity index (χ1n) is 9.98. The van der Waals surface area contributed by atoms with Gasteiger partial charge in [0.1, 0.15) is 12.1 Å². The number of hydrogen-bond donors (Lipinski definition) is 2. The number of piperidine rings is 1. The molecule has 1 fully saturated rings. The zero-order valence-corrected chi connectivity index (χ0v) is 18.2. The molecule has 1 aromatic rings. The van der Waals surface area contributed by atoms with E-state index in [9.17, 15) is 4.79 Å². The Balaban J connectivity index is 1.80. The molecule has 0 atom stereocenters. The number of esters is 1. The van der Waals surface area contributed by atoms with Gasteiger partial charge in [-0.25, -0.2) is 4.99 Å². The van der Waals surface area contributed by atoms with E-state index in [2.05, 4.69) is 32.7 Å². The summed E-state index contributed by atoms with van der Waals surface area (Å²) in [4.78, 5) is 18.7. The number of nitrogens with zero attached hydrogens (tertiary/aromatic N) is 2. The number of benzene rings is 1. The molecule has 1 aromatic carbocycles. The molecule has 0 saturated carbocycles. The third kappa shape index (κ3) is 8.48. The molecule has 1 aliphatic rings. The molecule has 0 radical (unpaired) electrons.